The highest BCUT2D eigenvalue weighted by molar-refractivity contribution is 5.78. The summed E-state index contributed by atoms with van der Waals surface area (Å²) < 4.78 is 0. The highest BCUT2D eigenvalue weighted by Gasteiger charge is 2.23. The van der Waals surface area contributed by atoms with Crippen LogP contribution in [0.15, 0.2) is 24.3 Å². The first-order valence-electron chi connectivity index (χ1n) is 6.66. The minimum atomic E-state index is 0.0537. The van der Waals surface area contributed by atoms with E-state index in [4.69, 9.17) is 5.26 Å². The van der Waals surface area contributed by atoms with Crippen molar-refractivity contribution < 1.29 is 4.79 Å². The molecule has 0 aromatic heterocycles. The minimum absolute atomic E-state index is 0.0537. The van der Waals surface area contributed by atoms with Crippen LogP contribution < -0.4 is 4.90 Å². The fourth-order valence-corrected chi connectivity index (χ4v) is 2.38. The standard InChI is InChI=1S/C15H19N3O/c1-12(2)15(19)18-9-7-17(8-10-18)14-6-4-3-5-13(14)11-16/h3-6,12H,7-10H2,1-2H3. The van der Waals surface area contributed by atoms with Gasteiger partial charge in [-0.15, -0.1) is 0 Å². The average molecular weight is 257 g/mol. The second kappa shape index (κ2) is 5.75. The van der Waals surface area contributed by atoms with Gasteiger partial charge in [0.15, 0.2) is 0 Å². The van der Waals surface area contributed by atoms with Gasteiger partial charge in [0, 0.05) is 32.1 Å². The number of nitrogens with zero attached hydrogens (tertiary/aromatic N) is 3. The zero-order valence-corrected chi connectivity index (χ0v) is 11.5. The van der Waals surface area contributed by atoms with Gasteiger partial charge in [-0.1, -0.05) is 26.0 Å². The molecule has 0 bridgehead atoms. The molecular weight excluding hydrogens is 238 g/mol. The average Bonchev–Trinajstić information content (AvgIpc) is 2.46. The van der Waals surface area contributed by atoms with E-state index in [2.05, 4.69) is 11.0 Å². The number of carbonyl (C=O) groups is 1. The quantitative estimate of drug-likeness (QED) is 0.812. The van der Waals surface area contributed by atoms with Gasteiger partial charge >= 0.3 is 0 Å². The number of hydrogen-bond donors (Lipinski definition) is 0. The van der Waals surface area contributed by atoms with Gasteiger partial charge in [-0.25, -0.2) is 0 Å². The summed E-state index contributed by atoms with van der Waals surface area (Å²) in [4.78, 5) is 16.0. The Morgan fingerprint density at radius 1 is 1.21 bits per heavy atom. The van der Waals surface area contributed by atoms with Crippen LogP contribution >= 0.6 is 0 Å². The molecule has 1 aromatic carbocycles. The van der Waals surface area contributed by atoms with Gasteiger partial charge < -0.3 is 9.80 Å². The van der Waals surface area contributed by atoms with Gasteiger partial charge in [0.2, 0.25) is 5.91 Å². The number of piperazine rings is 1. The number of nitriles is 1. The number of carbonyl (C=O) groups excluding carboxylic acids is 1. The Morgan fingerprint density at radius 3 is 2.42 bits per heavy atom. The zero-order chi connectivity index (χ0) is 13.8. The largest absolute Gasteiger partial charge is 0.367 e. The first kappa shape index (κ1) is 13.4. The van der Waals surface area contributed by atoms with Crippen molar-refractivity contribution in [2.24, 2.45) is 5.92 Å². The van der Waals surface area contributed by atoms with Crippen molar-refractivity contribution in [2.75, 3.05) is 31.1 Å². The summed E-state index contributed by atoms with van der Waals surface area (Å²) in [5.41, 5.74) is 1.67. The molecule has 0 spiro atoms. The van der Waals surface area contributed by atoms with Crippen molar-refractivity contribution in [3.8, 4) is 6.07 Å². The Labute approximate surface area is 114 Å². The van der Waals surface area contributed by atoms with E-state index in [9.17, 15) is 4.79 Å². The molecule has 0 unspecified atom stereocenters. The van der Waals surface area contributed by atoms with Crippen molar-refractivity contribution in [1.29, 1.82) is 5.26 Å². The van der Waals surface area contributed by atoms with E-state index < -0.39 is 0 Å². The van der Waals surface area contributed by atoms with E-state index >= 15 is 0 Å². The Morgan fingerprint density at radius 2 is 1.84 bits per heavy atom. The molecule has 0 radical (unpaired) electrons. The summed E-state index contributed by atoms with van der Waals surface area (Å²) in [6, 6.07) is 9.85. The summed E-state index contributed by atoms with van der Waals surface area (Å²) >= 11 is 0. The van der Waals surface area contributed by atoms with E-state index in [-0.39, 0.29) is 11.8 Å². The van der Waals surface area contributed by atoms with E-state index in [1.807, 2.05) is 43.0 Å². The summed E-state index contributed by atoms with van der Waals surface area (Å²) in [7, 11) is 0. The molecule has 0 N–H and O–H groups in total. The molecule has 2 rings (SSSR count). The third-order valence-electron chi connectivity index (χ3n) is 3.45. The zero-order valence-electron chi connectivity index (χ0n) is 11.5. The second-order valence-electron chi connectivity index (χ2n) is 5.10. The predicted octanol–water partition coefficient (Wildman–Crippen LogP) is 1.86. The highest BCUT2D eigenvalue weighted by atomic mass is 16.2. The molecule has 4 heteroatoms. The lowest BCUT2D eigenvalue weighted by Gasteiger charge is -2.37. The number of rotatable bonds is 2. The van der Waals surface area contributed by atoms with Crippen LogP contribution in [0.3, 0.4) is 0 Å². The van der Waals surface area contributed by atoms with Gasteiger partial charge in [-0.2, -0.15) is 5.26 Å². The molecule has 0 aliphatic carbocycles. The van der Waals surface area contributed by atoms with E-state index in [0.717, 1.165) is 31.9 Å². The third kappa shape index (κ3) is 2.87. The molecule has 1 aromatic rings. The normalized spacial score (nSPS) is 15.5. The van der Waals surface area contributed by atoms with E-state index in [1.54, 1.807) is 0 Å². The number of para-hydroxylation sites is 1. The lowest BCUT2D eigenvalue weighted by Crippen LogP contribution is -2.50. The Balaban J connectivity index is 2.04. The van der Waals surface area contributed by atoms with Crippen molar-refractivity contribution in [3.63, 3.8) is 0 Å². The van der Waals surface area contributed by atoms with Crippen LogP contribution in [-0.2, 0) is 4.79 Å². The smallest absolute Gasteiger partial charge is 0.225 e. The fraction of sp³-hybridized carbons (Fsp3) is 0.467. The highest BCUT2D eigenvalue weighted by Crippen LogP contribution is 2.21. The summed E-state index contributed by atoms with van der Waals surface area (Å²) in [5.74, 6) is 0.270. The van der Waals surface area contributed by atoms with Gasteiger partial charge in [0.05, 0.1) is 11.3 Å². The minimum Gasteiger partial charge on any atom is -0.367 e. The van der Waals surface area contributed by atoms with E-state index in [0.29, 0.717) is 5.56 Å². The molecular formula is C15H19N3O. The molecule has 1 aliphatic heterocycles. The van der Waals surface area contributed by atoms with Crippen LogP contribution in [0.2, 0.25) is 0 Å². The van der Waals surface area contributed by atoms with Crippen molar-refractivity contribution in [2.45, 2.75) is 13.8 Å². The van der Waals surface area contributed by atoms with Crippen LogP contribution in [0.25, 0.3) is 0 Å². The number of anilines is 1. The summed E-state index contributed by atoms with van der Waals surface area (Å²) in [6.45, 7) is 6.90. The number of hydrogen-bond acceptors (Lipinski definition) is 3. The topological polar surface area (TPSA) is 47.3 Å². The van der Waals surface area contributed by atoms with Gasteiger partial charge in [-0.05, 0) is 12.1 Å². The Kier molecular flexibility index (Phi) is 4.06. The molecule has 1 amide bonds. The lowest BCUT2D eigenvalue weighted by molar-refractivity contribution is -0.134. The Hall–Kier alpha value is -2.02. The molecule has 0 atom stereocenters. The van der Waals surface area contributed by atoms with Crippen molar-refractivity contribution in [1.82, 2.24) is 4.90 Å². The monoisotopic (exact) mass is 257 g/mol. The van der Waals surface area contributed by atoms with Gasteiger partial charge in [-0.3, -0.25) is 4.79 Å². The fourth-order valence-electron chi connectivity index (χ4n) is 2.38. The molecule has 1 aliphatic rings. The second-order valence-corrected chi connectivity index (χ2v) is 5.10. The first-order chi connectivity index (χ1) is 9.13. The van der Waals surface area contributed by atoms with Crippen LogP contribution in [-0.4, -0.2) is 37.0 Å². The maximum absolute atomic E-state index is 11.9. The first-order valence-corrected chi connectivity index (χ1v) is 6.66. The van der Waals surface area contributed by atoms with Crippen LogP contribution in [0.4, 0.5) is 5.69 Å². The number of amides is 1. The molecule has 1 saturated heterocycles. The lowest BCUT2D eigenvalue weighted by atomic mass is 10.1. The van der Waals surface area contributed by atoms with Gasteiger partial charge in [0.25, 0.3) is 0 Å². The third-order valence-corrected chi connectivity index (χ3v) is 3.45. The van der Waals surface area contributed by atoms with Crippen LogP contribution in [0, 0.1) is 17.2 Å². The molecule has 4 nitrogen and oxygen atoms in total. The maximum atomic E-state index is 11.9. The Bertz CT molecular complexity index is 496. The van der Waals surface area contributed by atoms with Gasteiger partial charge in [0.1, 0.15) is 6.07 Å². The molecule has 1 fully saturated rings. The summed E-state index contributed by atoms with van der Waals surface area (Å²) in [5, 5.41) is 9.12. The number of benzene rings is 1. The molecule has 0 saturated carbocycles. The SMILES string of the molecule is CC(C)C(=O)N1CCN(c2ccccc2C#N)CC1. The van der Waals surface area contributed by atoms with Crippen molar-refractivity contribution >= 4 is 11.6 Å². The molecule has 19 heavy (non-hydrogen) atoms. The molecule has 100 valence electrons. The van der Waals surface area contributed by atoms with Crippen LogP contribution in [0.5, 0.6) is 0 Å². The predicted molar refractivity (Wildman–Crippen MR) is 74.8 cm³/mol. The van der Waals surface area contributed by atoms with Crippen LogP contribution in [0.1, 0.15) is 19.4 Å². The van der Waals surface area contributed by atoms with E-state index in [1.165, 1.54) is 0 Å². The molecule has 1 heterocycles. The summed E-state index contributed by atoms with van der Waals surface area (Å²) in [6.07, 6.45) is 0. The maximum Gasteiger partial charge on any atom is 0.225 e. The van der Waals surface area contributed by atoms with Crippen molar-refractivity contribution in [3.05, 3.63) is 29.8 Å².